The zero-order valence-electron chi connectivity index (χ0n) is 15.6. The van der Waals surface area contributed by atoms with Crippen molar-refractivity contribution in [2.24, 2.45) is 0 Å². The van der Waals surface area contributed by atoms with Crippen LogP contribution in [-0.2, 0) is 4.79 Å². The standard InChI is InChI=1S/C22H18FN4O2.2H2/c1-13(17-5-4-15(23)11-24-17)10-20(28)27-16-8-9-26(12-16)19-7-6-18(25-22(19)27)21(29)14-2-3-14;;/h2-7,11,16H,1,8-10,12H2;2*1H/t16-;;/m0../s1. The van der Waals surface area contributed by atoms with Crippen LogP contribution in [0.15, 0.2) is 48.7 Å². The van der Waals surface area contributed by atoms with E-state index in [9.17, 15) is 14.0 Å². The third-order valence-electron chi connectivity index (χ3n) is 5.50. The Morgan fingerprint density at radius 3 is 2.76 bits per heavy atom. The molecular formula is C22H22FN4O2. The van der Waals surface area contributed by atoms with Gasteiger partial charge in [0.25, 0.3) is 0 Å². The molecule has 7 heteroatoms. The minimum Gasteiger partial charge on any atom is -0.366 e. The van der Waals surface area contributed by atoms with Gasteiger partial charge in [-0.05, 0) is 36.3 Å². The van der Waals surface area contributed by atoms with Crippen LogP contribution in [-0.4, -0.2) is 40.8 Å². The fraction of sp³-hybridized carbons (Fsp3) is 0.227. The molecule has 1 amide bonds. The van der Waals surface area contributed by atoms with Crippen molar-refractivity contribution in [3.63, 3.8) is 0 Å². The van der Waals surface area contributed by atoms with Crippen molar-refractivity contribution in [1.29, 1.82) is 0 Å². The molecule has 6 nitrogen and oxygen atoms in total. The van der Waals surface area contributed by atoms with Gasteiger partial charge in [-0.15, -0.1) is 0 Å². The zero-order valence-corrected chi connectivity index (χ0v) is 15.6. The molecule has 1 saturated heterocycles. The van der Waals surface area contributed by atoms with Gasteiger partial charge in [0, 0.05) is 27.9 Å². The lowest BCUT2D eigenvalue weighted by Crippen LogP contribution is -2.46. The Hall–Kier alpha value is -3.35. The van der Waals surface area contributed by atoms with Crippen molar-refractivity contribution in [1.82, 2.24) is 9.97 Å². The van der Waals surface area contributed by atoms with Gasteiger partial charge in [0.2, 0.25) is 11.7 Å². The number of aromatic nitrogens is 2. The third kappa shape index (κ3) is 3.12. The molecule has 0 aromatic carbocycles. The quantitative estimate of drug-likeness (QED) is 0.728. The first kappa shape index (κ1) is 17.7. The number of amides is 1. The molecule has 1 radical (unpaired) electrons. The van der Waals surface area contributed by atoms with E-state index in [1.807, 2.05) is 6.07 Å². The number of halogens is 1. The molecule has 3 aliphatic rings. The van der Waals surface area contributed by atoms with E-state index in [4.69, 9.17) is 0 Å². The Morgan fingerprint density at radius 1 is 1.24 bits per heavy atom. The first-order chi connectivity index (χ1) is 14.0. The number of carbonyl (C=O) groups is 2. The Kier molecular flexibility index (Phi) is 4.04. The third-order valence-corrected chi connectivity index (χ3v) is 5.50. The molecule has 0 N–H and O–H groups in total. The summed E-state index contributed by atoms with van der Waals surface area (Å²) in [5, 5.41) is 0. The van der Waals surface area contributed by atoms with Crippen LogP contribution in [0.1, 0.15) is 31.9 Å². The van der Waals surface area contributed by atoms with Crippen LogP contribution in [0.3, 0.4) is 0 Å². The lowest BCUT2D eigenvalue weighted by atomic mass is 10.1. The van der Waals surface area contributed by atoms with Gasteiger partial charge in [-0.25, -0.2) is 9.37 Å². The molecule has 2 aliphatic heterocycles. The maximum absolute atomic E-state index is 13.2. The number of nitrogens with zero attached hydrogens (tertiary/aromatic N) is 4. The molecular weight excluding hydrogens is 371 g/mol. The first-order valence-electron chi connectivity index (χ1n) is 9.49. The summed E-state index contributed by atoms with van der Waals surface area (Å²) in [5.41, 5.74) is 2.84. The molecule has 0 unspecified atom stereocenters. The van der Waals surface area contributed by atoms with Gasteiger partial charge in [-0.1, -0.05) is 12.7 Å². The highest BCUT2D eigenvalue weighted by molar-refractivity contribution is 6.13. The summed E-state index contributed by atoms with van der Waals surface area (Å²) >= 11 is 0. The number of Topliss-reactive ketones (excluding diaryl/α,β-unsaturated/α-hetero) is 1. The number of hydrogen-bond donors (Lipinski definition) is 0. The summed E-state index contributed by atoms with van der Waals surface area (Å²) in [6, 6.07) is 6.41. The average molecular weight is 393 g/mol. The van der Waals surface area contributed by atoms with Crippen LogP contribution in [0.5, 0.6) is 0 Å². The van der Waals surface area contributed by atoms with Crippen molar-refractivity contribution in [2.75, 3.05) is 22.9 Å². The van der Waals surface area contributed by atoms with E-state index in [-0.39, 0.29) is 27.0 Å². The molecule has 1 aliphatic carbocycles. The molecule has 29 heavy (non-hydrogen) atoms. The topological polar surface area (TPSA) is 66.4 Å². The Morgan fingerprint density at radius 2 is 2.03 bits per heavy atom. The lowest BCUT2D eigenvalue weighted by molar-refractivity contribution is -0.118. The molecule has 2 bridgehead atoms. The first-order valence-corrected chi connectivity index (χ1v) is 9.49. The van der Waals surface area contributed by atoms with Gasteiger partial charge >= 0.3 is 0 Å². The van der Waals surface area contributed by atoms with Crippen LogP contribution in [0.2, 0.25) is 0 Å². The lowest BCUT2D eigenvalue weighted by Gasteiger charge is -2.36. The van der Waals surface area contributed by atoms with E-state index in [1.54, 1.807) is 23.5 Å². The minimum absolute atomic E-state index is 0. The van der Waals surface area contributed by atoms with E-state index in [0.717, 1.165) is 31.4 Å². The van der Waals surface area contributed by atoms with Gasteiger partial charge in [0.15, 0.2) is 5.82 Å². The summed E-state index contributed by atoms with van der Waals surface area (Å²) in [6.45, 7) is 5.54. The van der Waals surface area contributed by atoms with E-state index in [1.165, 1.54) is 12.1 Å². The molecule has 1 fully saturated rings. The average Bonchev–Trinajstić information content (AvgIpc) is 3.49. The number of ketones is 1. The summed E-state index contributed by atoms with van der Waals surface area (Å²) in [4.78, 5) is 38.1. The molecule has 149 valence electrons. The predicted molar refractivity (Wildman–Crippen MR) is 111 cm³/mol. The Labute approximate surface area is 170 Å². The SMILES string of the molecule is C=C(CC(=O)N1c2nc(C(=O)C3=C[CH]3)ccc2N2CC[C@H]1C2)c1ccc(F)cn1.[HH].[HH]. The molecule has 0 saturated carbocycles. The maximum atomic E-state index is 13.2. The van der Waals surface area contributed by atoms with Crippen LogP contribution in [0.4, 0.5) is 15.9 Å². The Balaban J connectivity index is 0.00000136. The highest BCUT2D eigenvalue weighted by Gasteiger charge is 2.40. The maximum Gasteiger partial charge on any atom is 0.233 e. The second-order valence-electron chi connectivity index (χ2n) is 7.45. The summed E-state index contributed by atoms with van der Waals surface area (Å²) in [5.74, 6) is -0.194. The van der Waals surface area contributed by atoms with Gasteiger partial charge in [-0.3, -0.25) is 19.5 Å². The summed E-state index contributed by atoms with van der Waals surface area (Å²) in [7, 11) is 0. The largest absolute Gasteiger partial charge is 0.366 e. The molecule has 2 aromatic heterocycles. The van der Waals surface area contributed by atoms with Crippen molar-refractivity contribution in [3.8, 4) is 0 Å². The number of carbonyl (C=O) groups excluding carboxylic acids is 2. The second-order valence-corrected chi connectivity index (χ2v) is 7.45. The van der Waals surface area contributed by atoms with E-state index >= 15 is 0 Å². The fourth-order valence-electron chi connectivity index (χ4n) is 3.94. The smallest absolute Gasteiger partial charge is 0.233 e. The molecule has 5 rings (SSSR count). The summed E-state index contributed by atoms with van der Waals surface area (Å²) < 4.78 is 13.1. The van der Waals surface area contributed by atoms with Crippen molar-refractivity contribution in [3.05, 3.63) is 72.3 Å². The highest BCUT2D eigenvalue weighted by Crippen LogP contribution is 2.40. The Bertz CT molecular complexity index is 1090. The van der Waals surface area contributed by atoms with Crippen LogP contribution in [0.25, 0.3) is 5.57 Å². The van der Waals surface area contributed by atoms with E-state index < -0.39 is 5.82 Å². The number of pyridine rings is 2. The fourth-order valence-corrected chi connectivity index (χ4v) is 3.94. The zero-order chi connectivity index (χ0) is 20.1. The molecule has 4 heterocycles. The van der Waals surface area contributed by atoms with Gasteiger partial charge in [0.05, 0.1) is 30.0 Å². The number of anilines is 2. The molecule has 1 atom stereocenters. The number of fused-ring (bicyclic) bond motifs is 4. The molecule has 2 aromatic rings. The van der Waals surface area contributed by atoms with E-state index in [0.29, 0.717) is 28.4 Å². The second kappa shape index (κ2) is 6.62. The minimum atomic E-state index is -0.437. The van der Waals surface area contributed by atoms with Gasteiger partial charge in [-0.2, -0.15) is 0 Å². The normalized spacial score (nSPS) is 18.9. The monoisotopic (exact) mass is 393 g/mol. The number of rotatable bonds is 5. The van der Waals surface area contributed by atoms with Crippen LogP contribution in [0, 0.1) is 12.2 Å². The molecule has 0 spiro atoms. The van der Waals surface area contributed by atoms with Crippen molar-refractivity contribution < 1.29 is 16.8 Å². The van der Waals surface area contributed by atoms with Gasteiger partial charge < -0.3 is 4.90 Å². The highest BCUT2D eigenvalue weighted by atomic mass is 19.1. The van der Waals surface area contributed by atoms with Crippen LogP contribution < -0.4 is 9.80 Å². The number of allylic oxidation sites excluding steroid dienone is 2. The van der Waals surface area contributed by atoms with Crippen molar-refractivity contribution >= 4 is 28.8 Å². The van der Waals surface area contributed by atoms with Crippen molar-refractivity contribution in [2.45, 2.75) is 18.9 Å². The van der Waals surface area contributed by atoms with Crippen LogP contribution >= 0.6 is 0 Å². The van der Waals surface area contributed by atoms with E-state index in [2.05, 4.69) is 21.4 Å². The van der Waals surface area contributed by atoms with Gasteiger partial charge in [0.1, 0.15) is 11.5 Å². The number of hydrogen-bond acceptors (Lipinski definition) is 5. The summed E-state index contributed by atoms with van der Waals surface area (Å²) in [6.07, 6.45) is 5.50. The predicted octanol–water partition coefficient (Wildman–Crippen LogP) is 3.46.